The normalized spacial score (nSPS) is 15.0. The number of H-pyrrole nitrogens is 1. The van der Waals surface area contributed by atoms with Crippen molar-refractivity contribution in [2.24, 2.45) is 0 Å². The Morgan fingerprint density at radius 3 is 2.45 bits per heavy atom. The first-order valence-corrected chi connectivity index (χ1v) is 10.2. The first kappa shape index (κ1) is 20.5. The van der Waals surface area contributed by atoms with Crippen molar-refractivity contribution in [3.63, 3.8) is 0 Å². The number of hydrogen-bond donors (Lipinski definition) is 4. The molecule has 1 aliphatic heterocycles. The number of aryl methyl sites for hydroxylation is 2. The summed E-state index contributed by atoms with van der Waals surface area (Å²) in [5.74, 6) is -0.392. The van der Waals surface area contributed by atoms with Crippen molar-refractivity contribution in [1.82, 2.24) is 10.3 Å². The average Bonchev–Trinajstić information content (AvgIpc) is 3.18. The van der Waals surface area contributed by atoms with E-state index >= 15 is 0 Å². The number of nitrogens with two attached hydrogens (primary N) is 1. The lowest BCUT2D eigenvalue weighted by Gasteiger charge is -2.15. The number of hydrogen-bond acceptors (Lipinski definition) is 3. The van der Waals surface area contributed by atoms with E-state index in [1.54, 1.807) is 24.3 Å². The lowest BCUT2D eigenvalue weighted by Crippen LogP contribution is -2.26. The van der Waals surface area contributed by atoms with E-state index in [0.717, 1.165) is 22.5 Å². The largest absolute Gasteiger partial charge is 0.397 e. The number of nitrogens with one attached hydrogen (secondary N) is 3. The maximum absolute atomic E-state index is 12.9. The zero-order valence-corrected chi connectivity index (χ0v) is 18.1. The third-order valence-electron chi connectivity index (χ3n) is 5.81. The molecule has 1 aliphatic rings. The van der Waals surface area contributed by atoms with Crippen molar-refractivity contribution in [2.45, 2.75) is 33.7 Å². The fourth-order valence-corrected chi connectivity index (χ4v) is 3.77. The van der Waals surface area contributed by atoms with E-state index < -0.39 is 0 Å². The second kappa shape index (κ2) is 7.80. The lowest BCUT2D eigenvalue weighted by molar-refractivity contribution is -0.110. The summed E-state index contributed by atoms with van der Waals surface area (Å²) in [7, 11) is 0. The second-order valence-electron chi connectivity index (χ2n) is 8.08. The van der Waals surface area contributed by atoms with Crippen molar-refractivity contribution in [1.29, 1.82) is 0 Å². The van der Waals surface area contributed by atoms with Gasteiger partial charge in [0.05, 0.1) is 17.3 Å². The summed E-state index contributed by atoms with van der Waals surface area (Å²) < 4.78 is 0. The number of anilines is 2. The number of amides is 2. The molecule has 0 radical (unpaired) electrons. The number of nitrogen functional groups attached to an aromatic ring is 1. The molecular formula is C25H26N4O2. The van der Waals surface area contributed by atoms with Gasteiger partial charge in [0.25, 0.3) is 11.8 Å². The number of rotatable bonds is 4. The van der Waals surface area contributed by atoms with Crippen molar-refractivity contribution < 1.29 is 9.59 Å². The standard InChI is InChI=1S/C25H26N4O2/c1-13-5-7-17(8-6-13)15(3)28-24(30)18-9-10-21-19(11-18)20(25(31)29-21)12-22-14(2)23(26)16(4)27-22/h5-12,15,27H,26H2,1-4H3,(H,28,30)(H,29,31)/b20-12-. The van der Waals surface area contributed by atoms with Crippen LogP contribution < -0.4 is 16.4 Å². The van der Waals surface area contributed by atoms with Gasteiger partial charge in [0, 0.05) is 28.2 Å². The molecule has 0 aliphatic carbocycles. The highest BCUT2D eigenvalue weighted by Crippen LogP contribution is 2.35. The van der Waals surface area contributed by atoms with Crippen molar-refractivity contribution >= 4 is 34.8 Å². The van der Waals surface area contributed by atoms with Crippen LogP contribution in [0.25, 0.3) is 11.6 Å². The summed E-state index contributed by atoms with van der Waals surface area (Å²) in [6.07, 6.45) is 1.79. The van der Waals surface area contributed by atoms with E-state index in [0.29, 0.717) is 28.1 Å². The molecule has 1 aromatic heterocycles. The number of carbonyl (C=O) groups excluding carboxylic acids is 2. The third-order valence-corrected chi connectivity index (χ3v) is 5.81. The zero-order chi connectivity index (χ0) is 22.3. The molecule has 2 heterocycles. The van der Waals surface area contributed by atoms with Gasteiger partial charge in [-0.2, -0.15) is 0 Å². The molecule has 0 bridgehead atoms. The van der Waals surface area contributed by atoms with Gasteiger partial charge in [0.1, 0.15) is 0 Å². The van der Waals surface area contributed by atoms with Crippen LogP contribution in [0.1, 0.15) is 57.0 Å². The highest BCUT2D eigenvalue weighted by atomic mass is 16.2. The average molecular weight is 415 g/mol. The molecule has 0 saturated carbocycles. The molecule has 158 valence electrons. The molecule has 0 saturated heterocycles. The Kier molecular flexibility index (Phi) is 5.15. The SMILES string of the molecule is Cc1ccc(C(C)NC(=O)c2ccc3c(c2)/C(=C/c2[nH]c(C)c(N)c2C)C(=O)N3)cc1. The molecule has 6 heteroatoms. The first-order valence-electron chi connectivity index (χ1n) is 10.2. The van der Waals surface area contributed by atoms with Crippen LogP contribution in [0.3, 0.4) is 0 Å². The highest BCUT2D eigenvalue weighted by Gasteiger charge is 2.26. The Morgan fingerprint density at radius 1 is 1.10 bits per heavy atom. The molecule has 2 aromatic carbocycles. The number of aromatic amines is 1. The van der Waals surface area contributed by atoms with E-state index in [4.69, 9.17) is 5.73 Å². The van der Waals surface area contributed by atoms with Gasteiger partial charge in [0.2, 0.25) is 0 Å². The Labute approximate surface area is 181 Å². The van der Waals surface area contributed by atoms with Crippen molar-refractivity contribution in [2.75, 3.05) is 11.1 Å². The Hall–Kier alpha value is -3.80. The first-order chi connectivity index (χ1) is 14.7. The maximum Gasteiger partial charge on any atom is 0.256 e. The molecule has 1 atom stereocenters. The molecule has 0 fully saturated rings. The van der Waals surface area contributed by atoms with Gasteiger partial charge in [-0.15, -0.1) is 0 Å². The van der Waals surface area contributed by atoms with E-state index in [1.165, 1.54) is 5.56 Å². The van der Waals surface area contributed by atoms with Crippen LogP contribution in [0.2, 0.25) is 0 Å². The fraction of sp³-hybridized carbons (Fsp3) is 0.200. The second-order valence-corrected chi connectivity index (χ2v) is 8.08. The number of aromatic nitrogens is 1. The number of fused-ring (bicyclic) bond motifs is 1. The molecule has 1 unspecified atom stereocenters. The molecule has 0 spiro atoms. The summed E-state index contributed by atoms with van der Waals surface area (Å²) in [6.45, 7) is 7.79. The van der Waals surface area contributed by atoms with Crippen molar-refractivity contribution in [3.05, 3.63) is 81.7 Å². The quantitative estimate of drug-likeness (QED) is 0.473. The van der Waals surface area contributed by atoms with Gasteiger partial charge in [-0.05, 0) is 63.1 Å². The van der Waals surface area contributed by atoms with E-state index in [9.17, 15) is 9.59 Å². The molecule has 5 N–H and O–H groups in total. The molecule has 4 rings (SSSR count). The van der Waals surface area contributed by atoms with Gasteiger partial charge >= 0.3 is 0 Å². The molecule has 31 heavy (non-hydrogen) atoms. The van der Waals surface area contributed by atoms with Crippen LogP contribution in [0.5, 0.6) is 0 Å². The number of benzene rings is 2. The van der Waals surface area contributed by atoms with Crippen LogP contribution in [0, 0.1) is 20.8 Å². The minimum atomic E-state index is -0.203. The Bertz CT molecular complexity index is 1220. The van der Waals surface area contributed by atoms with E-state index in [2.05, 4.69) is 15.6 Å². The minimum Gasteiger partial charge on any atom is -0.397 e. The smallest absolute Gasteiger partial charge is 0.256 e. The van der Waals surface area contributed by atoms with Gasteiger partial charge in [-0.25, -0.2) is 0 Å². The van der Waals surface area contributed by atoms with Gasteiger partial charge in [0.15, 0.2) is 0 Å². The Morgan fingerprint density at radius 2 is 1.81 bits per heavy atom. The Balaban J connectivity index is 1.62. The highest BCUT2D eigenvalue weighted by molar-refractivity contribution is 6.35. The summed E-state index contributed by atoms with van der Waals surface area (Å²) in [5.41, 5.74) is 13.9. The van der Waals surface area contributed by atoms with Crippen LogP contribution in [0.15, 0.2) is 42.5 Å². The molecule has 3 aromatic rings. The predicted molar refractivity (Wildman–Crippen MR) is 125 cm³/mol. The van der Waals surface area contributed by atoms with E-state index in [1.807, 2.05) is 52.0 Å². The van der Waals surface area contributed by atoms with Gasteiger partial charge < -0.3 is 21.4 Å². The van der Waals surface area contributed by atoms with Crippen LogP contribution in [0.4, 0.5) is 11.4 Å². The molecule has 6 nitrogen and oxygen atoms in total. The van der Waals surface area contributed by atoms with Gasteiger partial charge in [-0.1, -0.05) is 29.8 Å². The number of carbonyl (C=O) groups is 2. The minimum absolute atomic E-state index is 0.136. The van der Waals surface area contributed by atoms with Crippen LogP contribution in [-0.4, -0.2) is 16.8 Å². The lowest BCUT2D eigenvalue weighted by atomic mass is 10.0. The monoisotopic (exact) mass is 414 g/mol. The van der Waals surface area contributed by atoms with Crippen molar-refractivity contribution in [3.8, 4) is 0 Å². The summed E-state index contributed by atoms with van der Waals surface area (Å²) >= 11 is 0. The third kappa shape index (κ3) is 3.84. The molecule has 2 amide bonds. The zero-order valence-electron chi connectivity index (χ0n) is 18.1. The van der Waals surface area contributed by atoms with E-state index in [-0.39, 0.29) is 17.9 Å². The summed E-state index contributed by atoms with van der Waals surface area (Å²) in [6, 6.07) is 13.2. The fourth-order valence-electron chi connectivity index (χ4n) is 3.77. The molecular weight excluding hydrogens is 388 g/mol. The topological polar surface area (TPSA) is 100 Å². The summed E-state index contributed by atoms with van der Waals surface area (Å²) in [4.78, 5) is 28.7. The van der Waals surface area contributed by atoms with Gasteiger partial charge in [-0.3, -0.25) is 9.59 Å². The van der Waals surface area contributed by atoms with Crippen LogP contribution >= 0.6 is 0 Å². The maximum atomic E-state index is 12.9. The summed E-state index contributed by atoms with van der Waals surface area (Å²) in [5, 5.41) is 5.89. The van der Waals surface area contributed by atoms with Crippen LogP contribution in [-0.2, 0) is 4.79 Å². The predicted octanol–water partition coefficient (Wildman–Crippen LogP) is 4.51.